The van der Waals surface area contributed by atoms with Gasteiger partial charge < -0.3 is 14.2 Å². The highest BCUT2D eigenvalue weighted by Crippen LogP contribution is 2.51. The molecule has 0 amide bonds. The van der Waals surface area contributed by atoms with Crippen LogP contribution in [0.1, 0.15) is 52.7 Å². The van der Waals surface area contributed by atoms with Crippen LogP contribution in [0, 0.1) is 0 Å². The Morgan fingerprint density at radius 1 is 0.429 bits per heavy atom. The number of anilines is 3. The van der Waals surface area contributed by atoms with Crippen LogP contribution in [0.15, 0.2) is 146 Å². The average Bonchev–Trinajstić information content (AvgIpc) is 3.48. The van der Waals surface area contributed by atoms with Crippen LogP contribution in [0.4, 0.5) is 17.1 Å². The molecule has 0 atom stereocenters. The largest absolute Gasteiger partial charge is 0.494 e. The van der Waals surface area contributed by atoms with E-state index >= 15 is 0 Å². The van der Waals surface area contributed by atoms with E-state index in [0.717, 1.165) is 22.5 Å². The highest BCUT2D eigenvalue weighted by atomic mass is 16.7. The molecule has 1 heterocycles. The zero-order chi connectivity index (χ0) is 34.0. The molecule has 0 N–H and O–H groups in total. The predicted molar refractivity (Wildman–Crippen MR) is 205 cm³/mol. The number of rotatable bonds is 6. The van der Waals surface area contributed by atoms with E-state index in [-0.39, 0.29) is 16.6 Å². The maximum absolute atomic E-state index is 6.45. The van der Waals surface area contributed by atoms with Gasteiger partial charge in [-0.25, -0.2) is 0 Å². The molecule has 0 spiro atoms. The molecule has 1 fully saturated rings. The monoisotopic (exact) mass is 639 g/mol. The Kier molecular flexibility index (Phi) is 7.44. The summed E-state index contributed by atoms with van der Waals surface area (Å²) in [6, 6.07) is 52.6. The van der Waals surface area contributed by atoms with E-state index in [4.69, 9.17) is 9.31 Å². The maximum atomic E-state index is 6.45. The molecule has 1 aliphatic carbocycles. The minimum absolute atomic E-state index is 0.164. The fourth-order valence-electron chi connectivity index (χ4n) is 7.34. The molecule has 8 rings (SSSR count). The molecule has 6 aromatic carbocycles. The summed E-state index contributed by atoms with van der Waals surface area (Å²) in [6.45, 7) is 13.1. The first-order valence-corrected chi connectivity index (χ1v) is 17.3. The molecule has 0 aromatic heterocycles. The Labute approximate surface area is 291 Å². The summed E-state index contributed by atoms with van der Waals surface area (Å²) >= 11 is 0. The third-order valence-corrected chi connectivity index (χ3v) is 10.9. The van der Waals surface area contributed by atoms with Gasteiger partial charge in [0.05, 0.1) is 11.2 Å². The Bertz CT molecular complexity index is 2040. The van der Waals surface area contributed by atoms with Crippen LogP contribution in [-0.2, 0) is 14.7 Å². The molecule has 1 aliphatic heterocycles. The van der Waals surface area contributed by atoms with Gasteiger partial charge in [0.1, 0.15) is 0 Å². The lowest BCUT2D eigenvalue weighted by molar-refractivity contribution is 0.00578. The molecule has 3 nitrogen and oxygen atoms in total. The topological polar surface area (TPSA) is 21.7 Å². The molecule has 242 valence electrons. The standard InChI is InChI=1S/C45H42BNO2/c1-43(2)41-28-26-38(30-40(41)39-27-21-35(29-42(39)43)46-48-44(3,4)45(5,6)49-46)47(36-22-17-33(18-23-36)31-13-9-7-10-14-31)37-24-19-34(20-25-37)32-15-11-8-12-16-32/h7-30H,1-6H3. The van der Waals surface area contributed by atoms with Crippen LogP contribution in [0.5, 0.6) is 0 Å². The lowest BCUT2D eigenvalue weighted by atomic mass is 9.74. The second-order valence-electron chi connectivity index (χ2n) is 14.9. The van der Waals surface area contributed by atoms with Crippen molar-refractivity contribution in [2.75, 3.05) is 4.90 Å². The maximum Gasteiger partial charge on any atom is 0.494 e. The summed E-state index contributed by atoms with van der Waals surface area (Å²) in [5.41, 5.74) is 13.5. The van der Waals surface area contributed by atoms with Gasteiger partial charge in [-0.1, -0.05) is 123 Å². The van der Waals surface area contributed by atoms with Gasteiger partial charge in [-0.15, -0.1) is 0 Å². The van der Waals surface area contributed by atoms with E-state index in [1.54, 1.807) is 0 Å². The molecule has 0 bridgehead atoms. The van der Waals surface area contributed by atoms with Crippen molar-refractivity contribution in [3.8, 4) is 33.4 Å². The number of nitrogens with zero attached hydrogens (tertiary/aromatic N) is 1. The van der Waals surface area contributed by atoms with Gasteiger partial charge in [0.25, 0.3) is 0 Å². The van der Waals surface area contributed by atoms with Gasteiger partial charge in [-0.3, -0.25) is 0 Å². The van der Waals surface area contributed by atoms with Crippen LogP contribution >= 0.6 is 0 Å². The van der Waals surface area contributed by atoms with Crippen molar-refractivity contribution in [2.24, 2.45) is 0 Å². The quantitative estimate of drug-likeness (QED) is 0.169. The SMILES string of the molecule is CC1(C)c2ccc(N(c3ccc(-c4ccccc4)cc3)c3ccc(-c4ccccc4)cc3)cc2-c2ccc(B3OC(C)(C)C(C)(C)O3)cc21. The lowest BCUT2D eigenvalue weighted by Crippen LogP contribution is -2.41. The molecule has 2 aliphatic rings. The molecular formula is C45H42BNO2. The normalized spacial score (nSPS) is 16.7. The predicted octanol–water partition coefficient (Wildman–Crippen LogP) is 11.1. The number of hydrogen-bond acceptors (Lipinski definition) is 3. The molecular weight excluding hydrogens is 597 g/mol. The highest BCUT2D eigenvalue weighted by Gasteiger charge is 2.52. The van der Waals surface area contributed by atoms with Crippen molar-refractivity contribution in [1.82, 2.24) is 0 Å². The second-order valence-corrected chi connectivity index (χ2v) is 14.9. The highest BCUT2D eigenvalue weighted by molar-refractivity contribution is 6.62. The van der Waals surface area contributed by atoms with E-state index < -0.39 is 7.12 Å². The first-order chi connectivity index (χ1) is 23.5. The van der Waals surface area contributed by atoms with Gasteiger partial charge >= 0.3 is 7.12 Å². The summed E-state index contributed by atoms with van der Waals surface area (Å²) in [5, 5.41) is 0. The molecule has 0 saturated carbocycles. The molecule has 4 heteroatoms. The number of hydrogen-bond donors (Lipinski definition) is 0. The third kappa shape index (κ3) is 5.40. The zero-order valence-electron chi connectivity index (χ0n) is 29.2. The van der Waals surface area contributed by atoms with E-state index in [1.807, 2.05) is 0 Å². The number of fused-ring (bicyclic) bond motifs is 3. The summed E-state index contributed by atoms with van der Waals surface area (Å²) in [4.78, 5) is 2.37. The Morgan fingerprint density at radius 3 is 1.41 bits per heavy atom. The Hall–Kier alpha value is -4.90. The summed E-state index contributed by atoms with van der Waals surface area (Å²) in [6.07, 6.45) is 0. The fourth-order valence-corrected chi connectivity index (χ4v) is 7.34. The van der Waals surface area contributed by atoms with Gasteiger partial charge in [-0.2, -0.15) is 0 Å². The smallest absolute Gasteiger partial charge is 0.399 e. The summed E-state index contributed by atoms with van der Waals surface area (Å²) in [7, 11) is -0.390. The van der Waals surface area contributed by atoms with Gasteiger partial charge in [0.2, 0.25) is 0 Å². The van der Waals surface area contributed by atoms with Crippen molar-refractivity contribution in [1.29, 1.82) is 0 Å². The summed E-state index contributed by atoms with van der Waals surface area (Å²) in [5.74, 6) is 0. The van der Waals surface area contributed by atoms with Crippen molar-refractivity contribution in [2.45, 2.75) is 58.2 Å². The molecule has 0 unspecified atom stereocenters. The molecule has 0 radical (unpaired) electrons. The van der Waals surface area contributed by atoms with Crippen LogP contribution in [0.3, 0.4) is 0 Å². The third-order valence-electron chi connectivity index (χ3n) is 10.9. The Morgan fingerprint density at radius 2 is 0.898 bits per heavy atom. The van der Waals surface area contributed by atoms with E-state index in [1.165, 1.54) is 44.5 Å². The Balaban J connectivity index is 1.20. The van der Waals surface area contributed by atoms with Crippen molar-refractivity contribution < 1.29 is 9.31 Å². The first kappa shape index (κ1) is 31.4. The zero-order valence-corrected chi connectivity index (χ0v) is 29.2. The van der Waals surface area contributed by atoms with Crippen molar-refractivity contribution in [3.05, 3.63) is 157 Å². The summed E-state index contributed by atoms with van der Waals surface area (Å²) < 4.78 is 12.9. The van der Waals surface area contributed by atoms with E-state index in [2.05, 4.69) is 192 Å². The van der Waals surface area contributed by atoms with Gasteiger partial charge in [-0.05, 0) is 114 Å². The fraction of sp³-hybridized carbons (Fsp3) is 0.200. The van der Waals surface area contributed by atoms with Crippen molar-refractivity contribution in [3.63, 3.8) is 0 Å². The molecule has 1 saturated heterocycles. The van der Waals surface area contributed by atoms with Crippen molar-refractivity contribution >= 4 is 29.6 Å². The van der Waals surface area contributed by atoms with Crippen LogP contribution in [-0.4, -0.2) is 18.3 Å². The number of benzene rings is 6. The van der Waals surface area contributed by atoms with Crippen LogP contribution in [0.2, 0.25) is 0 Å². The first-order valence-electron chi connectivity index (χ1n) is 17.3. The minimum atomic E-state index is -0.390. The average molecular weight is 640 g/mol. The molecule has 49 heavy (non-hydrogen) atoms. The van der Waals surface area contributed by atoms with Gasteiger partial charge in [0.15, 0.2) is 0 Å². The van der Waals surface area contributed by atoms with Crippen LogP contribution in [0.25, 0.3) is 33.4 Å². The lowest BCUT2D eigenvalue weighted by Gasteiger charge is -2.32. The van der Waals surface area contributed by atoms with Gasteiger partial charge in [0, 0.05) is 22.5 Å². The van der Waals surface area contributed by atoms with E-state index in [0.29, 0.717) is 0 Å². The minimum Gasteiger partial charge on any atom is -0.399 e. The van der Waals surface area contributed by atoms with Crippen LogP contribution < -0.4 is 10.4 Å². The van der Waals surface area contributed by atoms with E-state index in [9.17, 15) is 0 Å². The molecule has 6 aromatic rings. The second kappa shape index (κ2) is 11.6.